The van der Waals surface area contributed by atoms with Gasteiger partial charge in [-0.05, 0) is 51.5 Å². The van der Waals surface area contributed by atoms with E-state index in [0.29, 0.717) is 6.61 Å². The molecule has 0 aliphatic carbocycles. The molecule has 0 fully saturated rings. The van der Waals surface area contributed by atoms with Crippen LogP contribution in [0.1, 0.15) is 40.2 Å². The van der Waals surface area contributed by atoms with Crippen LogP contribution in [0.15, 0.2) is 22.7 Å². The molecular formula is C16H26BrNO. The summed E-state index contributed by atoms with van der Waals surface area (Å²) in [7, 11) is 0. The molecule has 0 spiro atoms. The van der Waals surface area contributed by atoms with Gasteiger partial charge in [0.05, 0.1) is 6.61 Å². The van der Waals surface area contributed by atoms with Crippen molar-refractivity contribution in [2.75, 3.05) is 13.2 Å². The third kappa shape index (κ3) is 6.44. The van der Waals surface area contributed by atoms with Crippen molar-refractivity contribution >= 4 is 15.9 Å². The average Bonchev–Trinajstić information content (AvgIpc) is 2.28. The summed E-state index contributed by atoms with van der Waals surface area (Å²) in [5.41, 5.74) is 1.45. The van der Waals surface area contributed by atoms with Crippen LogP contribution in [-0.4, -0.2) is 18.7 Å². The van der Waals surface area contributed by atoms with Crippen LogP contribution < -0.4 is 10.1 Å². The Morgan fingerprint density at radius 3 is 2.32 bits per heavy atom. The van der Waals surface area contributed by atoms with E-state index in [1.165, 1.54) is 5.56 Å². The second-order valence-electron chi connectivity index (χ2n) is 6.97. The zero-order valence-corrected chi connectivity index (χ0v) is 14.5. The molecule has 0 aliphatic heterocycles. The van der Waals surface area contributed by atoms with Gasteiger partial charge in [-0.25, -0.2) is 0 Å². The molecule has 0 amide bonds. The van der Waals surface area contributed by atoms with Crippen LogP contribution in [0.5, 0.6) is 5.75 Å². The number of nitrogens with one attached hydrogen (secondary N) is 1. The Morgan fingerprint density at radius 1 is 1.16 bits per heavy atom. The molecule has 0 radical (unpaired) electrons. The van der Waals surface area contributed by atoms with Crippen LogP contribution in [0.2, 0.25) is 0 Å². The molecular weight excluding hydrogens is 302 g/mol. The lowest BCUT2D eigenvalue weighted by atomic mass is 9.93. The third-order valence-corrected chi connectivity index (χ3v) is 3.75. The molecule has 0 saturated carbocycles. The summed E-state index contributed by atoms with van der Waals surface area (Å²) >= 11 is 3.50. The molecule has 0 aromatic heterocycles. The van der Waals surface area contributed by atoms with Crippen LogP contribution in [-0.2, 0) is 0 Å². The van der Waals surface area contributed by atoms with Gasteiger partial charge in [0.15, 0.2) is 0 Å². The minimum absolute atomic E-state index is 0.105. The molecule has 3 heteroatoms. The molecule has 1 aromatic rings. The lowest BCUT2D eigenvalue weighted by Crippen LogP contribution is -2.43. The summed E-state index contributed by atoms with van der Waals surface area (Å²) in [4.78, 5) is 0. The molecule has 0 unspecified atom stereocenters. The molecule has 1 rings (SSSR count). The fourth-order valence-electron chi connectivity index (χ4n) is 1.54. The highest BCUT2D eigenvalue weighted by Crippen LogP contribution is 2.24. The number of rotatable bonds is 5. The van der Waals surface area contributed by atoms with E-state index in [2.05, 4.69) is 68.9 Å². The SMILES string of the molecule is Cc1cc(OCC(C)(C)CNC(C)(C)C)ccc1Br. The van der Waals surface area contributed by atoms with E-state index < -0.39 is 0 Å². The Labute approximate surface area is 126 Å². The van der Waals surface area contributed by atoms with Crippen molar-refractivity contribution in [2.24, 2.45) is 5.41 Å². The molecule has 0 aliphatic rings. The van der Waals surface area contributed by atoms with E-state index >= 15 is 0 Å². The maximum atomic E-state index is 5.91. The first-order chi connectivity index (χ1) is 8.59. The van der Waals surface area contributed by atoms with Gasteiger partial charge in [0.25, 0.3) is 0 Å². The largest absolute Gasteiger partial charge is 0.493 e. The van der Waals surface area contributed by atoms with Crippen LogP contribution in [0.3, 0.4) is 0 Å². The van der Waals surface area contributed by atoms with E-state index in [9.17, 15) is 0 Å². The van der Waals surface area contributed by atoms with Gasteiger partial charge >= 0.3 is 0 Å². The first-order valence-electron chi connectivity index (χ1n) is 6.73. The summed E-state index contributed by atoms with van der Waals surface area (Å²) in [5, 5.41) is 3.53. The molecule has 1 aromatic carbocycles. The molecule has 0 heterocycles. The molecule has 0 bridgehead atoms. The summed E-state index contributed by atoms with van der Waals surface area (Å²) in [6, 6.07) is 6.10. The standard InChI is InChI=1S/C16H26BrNO/c1-12-9-13(7-8-14(12)17)19-11-16(5,6)10-18-15(2,3)4/h7-9,18H,10-11H2,1-6H3. The van der Waals surface area contributed by atoms with Crippen molar-refractivity contribution in [3.05, 3.63) is 28.2 Å². The first kappa shape index (κ1) is 16.5. The van der Waals surface area contributed by atoms with E-state index in [1.807, 2.05) is 12.1 Å². The first-order valence-corrected chi connectivity index (χ1v) is 7.52. The molecule has 108 valence electrons. The van der Waals surface area contributed by atoms with Crippen molar-refractivity contribution in [3.63, 3.8) is 0 Å². The summed E-state index contributed by atoms with van der Waals surface area (Å²) in [6.45, 7) is 14.7. The molecule has 1 N–H and O–H groups in total. The van der Waals surface area contributed by atoms with Crippen molar-refractivity contribution < 1.29 is 4.74 Å². The van der Waals surface area contributed by atoms with Gasteiger partial charge in [0.2, 0.25) is 0 Å². The monoisotopic (exact) mass is 327 g/mol. The number of aryl methyl sites for hydroxylation is 1. The van der Waals surface area contributed by atoms with Crippen LogP contribution in [0, 0.1) is 12.3 Å². The molecule has 2 nitrogen and oxygen atoms in total. The smallest absolute Gasteiger partial charge is 0.119 e. The third-order valence-electron chi connectivity index (χ3n) is 2.86. The fourth-order valence-corrected chi connectivity index (χ4v) is 1.79. The molecule has 0 saturated heterocycles. The Morgan fingerprint density at radius 2 is 1.79 bits per heavy atom. The summed E-state index contributed by atoms with van der Waals surface area (Å²) in [6.07, 6.45) is 0. The summed E-state index contributed by atoms with van der Waals surface area (Å²) in [5.74, 6) is 0.935. The lowest BCUT2D eigenvalue weighted by molar-refractivity contribution is 0.165. The highest BCUT2D eigenvalue weighted by molar-refractivity contribution is 9.10. The summed E-state index contributed by atoms with van der Waals surface area (Å²) < 4.78 is 7.03. The van der Waals surface area contributed by atoms with E-state index in [-0.39, 0.29) is 11.0 Å². The Hall–Kier alpha value is -0.540. The predicted molar refractivity (Wildman–Crippen MR) is 85.9 cm³/mol. The number of hydrogen-bond acceptors (Lipinski definition) is 2. The van der Waals surface area contributed by atoms with E-state index in [4.69, 9.17) is 4.74 Å². The lowest BCUT2D eigenvalue weighted by Gasteiger charge is -2.30. The van der Waals surface area contributed by atoms with Gasteiger partial charge in [0, 0.05) is 22.0 Å². The van der Waals surface area contributed by atoms with Gasteiger partial charge in [-0.1, -0.05) is 29.8 Å². The van der Waals surface area contributed by atoms with E-state index in [1.54, 1.807) is 0 Å². The quantitative estimate of drug-likeness (QED) is 0.856. The maximum Gasteiger partial charge on any atom is 0.119 e. The number of hydrogen-bond donors (Lipinski definition) is 1. The number of benzene rings is 1. The zero-order chi connectivity index (χ0) is 14.7. The van der Waals surface area contributed by atoms with Gasteiger partial charge in [-0.15, -0.1) is 0 Å². The highest BCUT2D eigenvalue weighted by Gasteiger charge is 2.21. The maximum absolute atomic E-state index is 5.91. The molecule has 19 heavy (non-hydrogen) atoms. The highest BCUT2D eigenvalue weighted by atomic mass is 79.9. The normalized spacial score (nSPS) is 12.6. The number of halogens is 1. The van der Waals surface area contributed by atoms with Gasteiger partial charge < -0.3 is 10.1 Å². The Kier molecular flexibility index (Phi) is 5.45. The van der Waals surface area contributed by atoms with Crippen LogP contribution in [0.25, 0.3) is 0 Å². The van der Waals surface area contributed by atoms with Gasteiger partial charge in [-0.2, -0.15) is 0 Å². The topological polar surface area (TPSA) is 21.3 Å². The number of ether oxygens (including phenoxy) is 1. The van der Waals surface area contributed by atoms with Crippen molar-refractivity contribution in [3.8, 4) is 5.75 Å². The van der Waals surface area contributed by atoms with Crippen LogP contribution >= 0.6 is 15.9 Å². The fraction of sp³-hybridized carbons (Fsp3) is 0.625. The molecule has 0 atom stereocenters. The Bertz CT molecular complexity index is 421. The van der Waals surface area contributed by atoms with E-state index in [0.717, 1.165) is 16.8 Å². The van der Waals surface area contributed by atoms with Gasteiger partial charge in [-0.3, -0.25) is 0 Å². The van der Waals surface area contributed by atoms with Crippen molar-refractivity contribution in [2.45, 2.75) is 47.1 Å². The minimum Gasteiger partial charge on any atom is -0.493 e. The second-order valence-corrected chi connectivity index (χ2v) is 7.82. The zero-order valence-electron chi connectivity index (χ0n) is 12.9. The minimum atomic E-state index is 0.105. The van der Waals surface area contributed by atoms with Gasteiger partial charge in [0.1, 0.15) is 5.75 Å². The second kappa shape index (κ2) is 6.27. The average molecular weight is 328 g/mol. The predicted octanol–water partition coefficient (Wildman–Crippen LogP) is 4.55. The van der Waals surface area contributed by atoms with Crippen molar-refractivity contribution in [1.29, 1.82) is 0 Å². The van der Waals surface area contributed by atoms with Crippen LogP contribution in [0.4, 0.5) is 0 Å². The van der Waals surface area contributed by atoms with Crippen molar-refractivity contribution in [1.82, 2.24) is 5.32 Å². The Balaban J connectivity index is 2.52.